The molecule has 18 heavy (non-hydrogen) atoms. The van der Waals surface area contributed by atoms with Gasteiger partial charge in [0.1, 0.15) is 18.1 Å². The van der Waals surface area contributed by atoms with E-state index in [9.17, 15) is 4.79 Å². The van der Waals surface area contributed by atoms with Gasteiger partial charge >= 0.3 is 0 Å². The molecule has 0 spiro atoms. The van der Waals surface area contributed by atoms with E-state index in [0.29, 0.717) is 24.4 Å². The summed E-state index contributed by atoms with van der Waals surface area (Å²) in [5.41, 5.74) is 3.50. The van der Waals surface area contributed by atoms with Gasteiger partial charge < -0.3 is 9.15 Å². The van der Waals surface area contributed by atoms with Crippen LogP contribution in [0.5, 0.6) is 5.75 Å². The maximum atomic E-state index is 10.5. The lowest BCUT2D eigenvalue weighted by Crippen LogP contribution is -1.97. The molecule has 2 rings (SSSR count). The molecule has 0 aliphatic heterocycles. The zero-order chi connectivity index (χ0) is 13.1. The van der Waals surface area contributed by atoms with Crippen molar-refractivity contribution in [3.05, 3.63) is 52.5 Å². The van der Waals surface area contributed by atoms with Crippen molar-refractivity contribution < 1.29 is 13.9 Å². The first kappa shape index (κ1) is 12.4. The molecule has 0 bridgehead atoms. The molecule has 0 aliphatic carbocycles. The van der Waals surface area contributed by atoms with Gasteiger partial charge in [0.15, 0.2) is 12.0 Å². The normalized spacial score (nSPS) is 10.4. The largest absolute Gasteiger partial charge is 0.485 e. The van der Waals surface area contributed by atoms with Crippen LogP contribution in [0.1, 0.15) is 33.0 Å². The molecular formula is C15H16O3. The molecule has 1 aromatic carbocycles. The van der Waals surface area contributed by atoms with Crippen LogP contribution in [0.25, 0.3) is 0 Å². The van der Waals surface area contributed by atoms with Crippen molar-refractivity contribution in [3.8, 4) is 5.75 Å². The predicted molar refractivity (Wildman–Crippen MR) is 69.1 cm³/mol. The number of benzene rings is 1. The van der Waals surface area contributed by atoms with Crippen molar-refractivity contribution in [1.82, 2.24) is 0 Å². The molecule has 0 N–H and O–H groups in total. The Labute approximate surface area is 106 Å². The highest BCUT2D eigenvalue weighted by molar-refractivity contribution is 5.70. The molecule has 0 amide bonds. The molecule has 1 heterocycles. The maximum absolute atomic E-state index is 10.5. The topological polar surface area (TPSA) is 39.4 Å². The fourth-order valence-electron chi connectivity index (χ4n) is 1.84. The van der Waals surface area contributed by atoms with E-state index in [0.717, 1.165) is 11.3 Å². The van der Waals surface area contributed by atoms with Crippen LogP contribution in [-0.2, 0) is 6.61 Å². The van der Waals surface area contributed by atoms with E-state index >= 15 is 0 Å². The van der Waals surface area contributed by atoms with Gasteiger partial charge in [-0.3, -0.25) is 4.79 Å². The second-order valence-electron chi connectivity index (χ2n) is 4.42. The van der Waals surface area contributed by atoms with E-state index < -0.39 is 0 Å². The van der Waals surface area contributed by atoms with E-state index in [1.807, 2.05) is 19.9 Å². The van der Waals surface area contributed by atoms with E-state index in [4.69, 9.17) is 9.15 Å². The molecule has 0 saturated heterocycles. The van der Waals surface area contributed by atoms with Crippen LogP contribution in [0.2, 0.25) is 0 Å². The van der Waals surface area contributed by atoms with Gasteiger partial charge in [-0.2, -0.15) is 0 Å². The quantitative estimate of drug-likeness (QED) is 0.771. The van der Waals surface area contributed by atoms with Gasteiger partial charge in [-0.15, -0.1) is 0 Å². The monoisotopic (exact) mass is 244 g/mol. The van der Waals surface area contributed by atoms with Crippen molar-refractivity contribution >= 4 is 6.29 Å². The Morgan fingerprint density at radius 2 is 2.00 bits per heavy atom. The average Bonchev–Trinajstić information content (AvgIpc) is 2.80. The molecule has 1 aromatic heterocycles. The standard InChI is InChI=1S/C15H16O3/c1-10-6-11(2)12(3)15(7-10)17-9-14-5-4-13(8-16)18-14/h4-8H,9H2,1-3H3. The highest BCUT2D eigenvalue weighted by Crippen LogP contribution is 2.24. The van der Waals surface area contributed by atoms with Crippen LogP contribution in [0.3, 0.4) is 0 Å². The molecule has 94 valence electrons. The number of aldehydes is 1. The average molecular weight is 244 g/mol. The number of furan rings is 1. The molecule has 3 heteroatoms. The van der Waals surface area contributed by atoms with Gasteiger partial charge in [0.2, 0.25) is 0 Å². The molecule has 0 fully saturated rings. The van der Waals surface area contributed by atoms with Gasteiger partial charge in [-0.1, -0.05) is 6.07 Å². The summed E-state index contributed by atoms with van der Waals surface area (Å²) in [6.45, 7) is 6.46. The van der Waals surface area contributed by atoms with Crippen LogP contribution in [0.15, 0.2) is 28.7 Å². The van der Waals surface area contributed by atoms with Crippen LogP contribution < -0.4 is 4.74 Å². The summed E-state index contributed by atoms with van der Waals surface area (Å²) < 4.78 is 11.0. The minimum absolute atomic E-state index is 0.325. The highest BCUT2D eigenvalue weighted by atomic mass is 16.5. The molecule has 0 radical (unpaired) electrons. The van der Waals surface area contributed by atoms with Crippen LogP contribution in [0.4, 0.5) is 0 Å². The smallest absolute Gasteiger partial charge is 0.185 e. The minimum Gasteiger partial charge on any atom is -0.485 e. The first-order chi connectivity index (χ1) is 8.60. The summed E-state index contributed by atoms with van der Waals surface area (Å²) in [7, 11) is 0. The van der Waals surface area contributed by atoms with Gasteiger partial charge in [0, 0.05) is 0 Å². The second-order valence-corrected chi connectivity index (χ2v) is 4.42. The second kappa shape index (κ2) is 5.08. The third-order valence-corrected chi connectivity index (χ3v) is 2.93. The molecule has 0 unspecified atom stereocenters. The molecule has 2 aromatic rings. The van der Waals surface area contributed by atoms with E-state index in [-0.39, 0.29) is 0 Å². The number of hydrogen-bond donors (Lipinski definition) is 0. The minimum atomic E-state index is 0.325. The summed E-state index contributed by atoms with van der Waals surface area (Å²) in [6, 6.07) is 7.52. The van der Waals surface area contributed by atoms with Gasteiger partial charge in [-0.25, -0.2) is 0 Å². The first-order valence-corrected chi connectivity index (χ1v) is 5.84. The Hall–Kier alpha value is -2.03. The Kier molecular flexibility index (Phi) is 3.51. The van der Waals surface area contributed by atoms with Crippen LogP contribution in [0, 0.1) is 20.8 Å². The van der Waals surface area contributed by atoms with Gasteiger partial charge in [0.05, 0.1) is 0 Å². The lowest BCUT2D eigenvalue weighted by atomic mass is 10.1. The summed E-state index contributed by atoms with van der Waals surface area (Å²) in [5.74, 6) is 1.83. The Bertz CT molecular complexity index is 567. The van der Waals surface area contributed by atoms with Crippen LogP contribution >= 0.6 is 0 Å². The molecule has 0 saturated carbocycles. The number of ether oxygens (including phenoxy) is 1. The SMILES string of the molecule is Cc1cc(C)c(C)c(OCc2ccc(C=O)o2)c1. The van der Waals surface area contributed by atoms with Crippen molar-refractivity contribution in [3.63, 3.8) is 0 Å². The summed E-state index contributed by atoms with van der Waals surface area (Å²) in [5, 5.41) is 0. The van der Waals surface area contributed by atoms with Crippen molar-refractivity contribution in [2.75, 3.05) is 0 Å². The molecule has 0 aliphatic rings. The third-order valence-electron chi connectivity index (χ3n) is 2.93. The third kappa shape index (κ3) is 2.62. The number of hydrogen-bond acceptors (Lipinski definition) is 3. The number of carbonyl (C=O) groups is 1. The fraction of sp³-hybridized carbons (Fsp3) is 0.267. The summed E-state index contributed by atoms with van der Waals surface area (Å²) in [4.78, 5) is 10.5. The lowest BCUT2D eigenvalue weighted by molar-refractivity contribution is 0.109. The summed E-state index contributed by atoms with van der Waals surface area (Å²) in [6.07, 6.45) is 0.686. The van der Waals surface area contributed by atoms with Gasteiger partial charge in [-0.05, 0) is 55.7 Å². The number of aryl methyl sites for hydroxylation is 2. The van der Waals surface area contributed by atoms with E-state index in [1.165, 1.54) is 11.1 Å². The first-order valence-electron chi connectivity index (χ1n) is 5.84. The van der Waals surface area contributed by atoms with Crippen molar-refractivity contribution in [1.29, 1.82) is 0 Å². The Morgan fingerprint density at radius 3 is 2.67 bits per heavy atom. The highest BCUT2D eigenvalue weighted by Gasteiger charge is 2.06. The molecule has 0 atom stereocenters. The molecular weight excluding hydrogens is 228 g/mol. The van der Waals surface area contributed by atoms with Crippen LogP contribution in [-0.4, -0.2) is 6.29 Å². The Morgan fingerprint density at radius 1 is 1.22 bits per heavy atom. The van der Waals surface area contributed by atoms with Gasteiger partial charge in [0.25, 0.3) is 0 Å². The zero-order valence-corrected chi connectivity index (χ0v) is 10.8. The zero-order valence-electron chi connectivity index (χ0n) is 10.8. The lowest BCUT2D eigenvalue weighted by Gasteiger charge is -2.11. The van der Waals surface area contributed by atoms with Crippen molar-refractivity contribution in [2.24, 2.45) is 0 Å². The summed E-state index contributed by atoms with van der Waals surface area (Å²) >= 11 is 0. The number of carbonyl (C=O) groups excluding carboxylic acids is 1. The van der Waals surface area contributed by atoms with E-state index in [2.05, 4.69) is 13.0 Å². The van der Waals surface area contributed by atoms with E-state index in [1.54, 1.807) is 12.1 Å². The fourth-order valence-corrected chi connectivity index (χ4v) is 1.84. The number of rotatable bonds is 4. The molecule has 3 nitrogen and oxygen atoms in total. The predicted octanol–water partition coefficient (Wildman–Crippen LogP) is 3.60. The Balaban J connectivity index is 2.12. The maximum Gasteiger partial charge on any atom is 0.185 e. The van der Waals surface area contributed by atoms with Crippen molar-refractivity contribution in [2.45, 2.75) is 27.4 Å².